The number of aliphatic hydroxyl groups excluding tert-OH is 1. The molecule has 0 aliphatic carbocycles. The Hall–Kier alpha value is -2.60. The van der Waals surface area contributed by atoms with Gasteiger partial charge in [-0.25, -0.2) is 13.5 Å². The molecule has 1 N–H and O–H groups in total. The zero-order valence-electron chi connectivity index (χ0n) is 12.7. The van der Waals surface area contributed by atoms with Crippen LogP contribution in [0.2, 0.25) is 0 Å². The summed E-state index contributed by atoms with van der Waals surface area (Å²) in [7, 11) is 0. The molecule has 0 aliphatic heterocycles. The molecule has 0 saturated carbocycles. The van der Waals surface area contributed by atoms with E-state index in [1.54, 1.807) is 4.68 Å². The largest absolute Gasteiger partial charge is 0.390 e. The van der Waals surface area contributed by atoms with Crippen LogP contribution in [-0.4, -0.2) is 20.1 Å². The Bertz CT molecular complexity index is 874. The first kappa shape index (κ1) is 15.3. The van der Waals surface area contributed by atoms with Crippen molar-refractivity contribution in [3.05, 3.63) is 64.9 Å². The molecule has 0 radical (unpaired) electrons. The van der Waals surface area contributed by atoms with Crippen LogP contribution in [0.5, 0.6) is 0 Å². The fourth-order valence-electron chi connectivity index (χ4n) is 2.47. The van der Waals surface area contributed by atoms with Crippen molar-refractivity contribution in [3.63, 3.8) is 0 Å². The molecule has 0 amide bonds. The maximum atomic E-state index is 13.6. The van der Waals surface area contributed by atoms with Crippen LogP contribution in [0.25, 0.3) is 16.9 Å². The average Bonchev–Trinajstić information content (AvgIpc) is 2.96. The number of nitrogens with zero attached hydrogens (tertiary/aromatic N) is 3. The molecule has 6 heteroatoms. The van der Waals surface area contributed by atoms with E-state index >= 15 is 0 Å². The molecule has 2 aromatic carbocycles. The highest BCUT2D eigenvalue weighted by atomic mass is 19.2. The zero-order chi connectivity index (χ0) is 16.6. The van der Waals surface area contributed by atoms with Gasteiger partial charge in [-0.2, -0.15) is 0 Å². The normalized spacial score (nSPS) is 11.0. The van der Waals surface area contributed by atoms with Crippen molar-refractivity contribution in [2.24, 2.45) is 0 Å². The number of benzene rings is 2. The molecule has 1 aromatic heterocycles. The minimum atomic E-state index is -0.958. The van der Waals surface area contributed by atoms with Gasteiger partial charge in [0.2, 0.25) is 0 Å². The standard InChI is InChI=1S/C17H15F2N3O/c1-10-3-4-11(2)16(7-10)22-17(15(9-23)20-21-22)12-5-6-13(18)14(19)8-12/h3-8,23H,9H2,1-2H3. The third-order valence-corrected chi connectivity index (χ3v) is 3.68. The molecule has 23 heavy (non-hydrogen) atoms. The third-order valence-electron chi connectivity index (χ3n) is 3.68. The molecule has 0 unspecified atom stereocenters. The number of hydrogen-bond acceptors (Lipinski definition) is 3. The Balaban J connectivity index is 2.25. The van der Waals surface area contributed by atoms with Gasteiger partial charge in [-0.3, -0.25) is 0 Å². The highest BCUT2D eigenvalue weighted by Gasteiger charge is 2.18. The van der Waals surface area contributed by atoms with E-state index in [-0.39, 0.29) is 6.61 Å². The van der Waals surface area contributed by atoms with Crippen LogP contribution in [0.4, 0.5) is 8.78 Å². The van der Waals surface area contributed by atoms with E-state index in [4.69, 9.17) is 0 Å². The molecular formula is C17H15F2N3O. The van der Waals surface area contributed by atoms with Gasteiger partial charge in [-0.1, -0.05) is 17.3 Å². The molecule has 0 saturated heterocycles. The van der Waals surface area contributed by atoms with Gasteiger partial charge >= 0.3 is 0 Å². The number of halogens is 2. The average molecular weight is 315 g/mol. The van der Waals surface area contributed by atoms with Crippen LogP contribution >= 0.6 is 0 Å². The second kappa shape index (κ2) is 5.89. The van der Waals surface area contributed by atoms with Crippen molar-refractivity contribution >= 4 is 0 Å². The lowest BCUT2D eigenvalue weighted by molar-refractivity contribution is 0.277. The fraction of sp³-hybridized carbons (Fsp3) is 0.176. The topological polar surface area (TPSA) is 50.9 Å². The fourth-order valence-corrected chi connectivity index (χ4v) is 2.47. The summed E-state index contributed by atoms with van der Waals surface area (Å²) >= 11 is 0. The molecule has 0 bridgehead atoms. The van der Waals surface area contributed by atoms with E-state index in [2.05, 4.69) is 10.3 Å². The predicted octanol–water partition coefficient (Wildman–Crippen LogP) is 3.32. The Kier molecular flexibility index (Phi) is 3.92. The summed E-state index contributed by atoms with van der Waals surface area (Å²) in [6.07, 6.45) is 0. The summed E-state index contributed by atoms with van der Waals surface area (Å²) in [4.78, 5) is 0. The molecule has 1 heterocycles. The quantitative estimate of drug-likeness (QED) is 0.806. The highest BCUT2D eigenvalue weighted by Crippen LogP contribution is 2.28. The van der Waals surface area contributed by atoms with E-state index in [9.17, 15) is 13.9 Å². The Morgan fingerprint density at radius 3 is 2.52 bits per heavy atom. The lowest BCUT2D eigenvalue weighted by atomic mass is 10.1. The zero-order valence-corrected chi connectivity index (χ0v) is 12.7. The lowest BCUT2D eigenvalue weighted by Gasteiger charge is -2.11. The van der Waals surface area contributed by atoms with Crippen LogP contribution in [0.3, 0.4) is 0 Å². The molecule has 0 atom stereocenters. The predicted molar refractivity (Wildman–Crippen MR) is 82.1 cm³/mol. The van der Waals surface area contributed by atoms with Gasteiger partial charge in [-0.15, -0.1) is 5.10 Å². The first-order valence-electron chi connectivity index (χ1n) is 7.09. The number of rotatable bonds is 3. The van der Waals surface area contributed by atoms with Gasteiger partial charge in [0, 0.05) is 5.56 Å². The summed E-state index contributed by atoms with van der Waals surface area (Å²) in [5.74, 6) is -1.88. The summed E-state index contributed by atoms with van der Waals surface area (Å²) in [5, 5.41) is 17.5. The first-order chi connectivity index (χ1) is 11.0. The maximum absolute atomic E-state index is 13.6. The first-order valence-corrected chi connectivity index (χ1v) is 7.09. The van der Waals surface area contributed by atoms with E-state index in [1.165, 1.54) is 6.07 Å². The summed E-state index contributed by atoms with van der Waals surface area (Å²) in [6, 6.07) is 9.41. The van der Waals surface area contributed by atoms with Crippen molar-refractivity contribution in [1.82, 2.24) is 15.0 Å². The molecule has 3 rings (SSSR count). The van der Waals surface area contributed by atoms with E-state index in [0.29, 0.717) is 17.0 Å². The van der Waals surface area contributed by atoms with Crippen molar-refractivity contribution in [3.8, 4) is 16.9 Å². The third kappa shape index (κ3) is 2.73. The molecule has 4 nitrogen and oxygen atoms in total. The maximum Gasteiger partial charge on any atom is 0.159 e. The van der Waals surface area contributed by atoms with Crippen LogP contribution in [0, 0.1) is 25.5 Å². The molecule has 3 aromatic rings. The SMILES string of the molecule is Cc1ccc(C)c(-n2nnc(CO)c2-c2ccc(F)c(F)c2)c1. The Morgan fingerprint density at radius 2 is 1.83 bits per heavy atom. The lowest BCUT2D eigenvalue weighted by Crippen LogP contribution is -2.03. The molecule has 0 spiro atoms. The summed E-state index contributed by atoms with van der Waals surface area (Å²) in [6.45, 7) is 3.52. The summed E-state index contributed by atoms with van der Waals surface area (Å²) in [5.41, 5.74) is 3.91. The van der Waals surface area contributed by atoms with Crippen LogP contribution in [0.15, 0.2) is 36.4 Å². The van der Waals surface area contributed by atoms with E-state index in [0.717, 1.165) is 28.9 Å². The number of aliphatic hydroxyl groups is 1. The molecule has 0 fully saturated rings. The van der Waals surface area contributed by atoms with Crippen LogP contribution in [0.1, 0.15) is 16.8 Å². The molecule has 0 aliphatic rings. The van der Waals surface area contributed by atoms with E-state index in [1.807, 2.05) is 32.0 Å². The van der Waals surface area contributed by atoms with Gasteiger partial charge in [0.25, 0.3) is 0 Å². The van der Waals surface area contributed by atoms with Crippen LogP contribution < -0.4 is 0 Å². The van der Waals surface area contributed by atoms with Gasteiger partial charge < -0.3 is 5.11 Å². The smallest absolute Gasteiger partial charge is 0.159 e. The highest BCUT2D eigenvalue weighted by molar-refractivity contribution is 5.65. The van der Waals surface area contributed by atoms with Crippen molar-refractivity contribution in [1.29, 1.82) is 0 Å². The molecular weight excluding hydrogens is 300 g/mol. The van der Waals surface area contributed by atoms with Gasteiger partial charge in [0.1, 0.15) is 11.4 Å². The summed E-state index contributed by atoms with van der Waals surface area (Å²) < 4.78 is 28.3. The minimum Gasteiger partial charge on any atom is -0.390 e. The van der Waals surface area contributed by atoms with Crippen molar-refractivity contribution in [2.45, 2.75) is 20.5 Å². The minimum absolute atomic E-state index is 0.303. The second-order valence-corrected chi connectivity index (χ2v) is 5.37. The monoisotopic (exact) mass is 315 g/mol. The Labute approximate surface area is 132 Å². The van der Waals surface area contributed by atoms with Gasteiger partial charge in [0.15, 0.2) is 11.6 Å². The van der Waals surface area contributed by atoms with Crippen molar-refractivity contribution < 1.29 is 13.9 Å². The Morgan fingerprint density at radius 1 is 1.04 bits per heavy atom. The van der Waals surface area contributed by atoms with Gasteiger partial charge in [0.05, 0.1) is 12.3 Å². The number of hydrogen-bond donors (Lipinski definition) is 1. The second-order valence-electron chi connectivity index (χ2n) is 5.37. The van der Waals surface area contributed by atoms with Crippen LogP contribution in [-0.2, 0) is 6.61 Å². The van der Waals surface area contributed by atoms with E-state index < -0.39 is 11.6 Å². The number of aryl methyl sites for hydroxylation is 2. The molecule has 118 valence electrons. The van der Waals surface area contributed by atoms with Gasteiger partial charge in [-0.05, 0) is 49.2 Å². The van der Waals surface area contributed by atoms with Crippen molar-refractivity contribution in [2.75, 3.05) is 0 Å². The number of aromatic nitrogens is 3.